The van der Waals surface area contributed by atoms with Gasteiger partial charge >= 0.3 is 10.2 Å². The second-order valence-corrected chi connectivity index (χ2v) is 6.41. The predicted octanol–water partition coefficient (Wildman–Crippen LogP) is 1.36. The summed E-state index contributed by atoms with van der Waals surface area (Å²) in [5.41, 5.74) is 1.55. The number of hydrogen-bond donors (Lipinski definition) is 2. The lowest BCUT2D eigenvalue weighted by atomic mass is 10.1. The Morgan fingerprint density at radius 2 is 1.74 bits per heavy atom. The van der Waals surface area contributed by atoms with E-state index in [1.165, 1.54) is 4.31 Å². The first-order chi connectivity index (χ1) is 9.12. The van der Waals surface area contributed by atoms with Gasteiger partial charge in [0.1, 0.15) is 0 Å². The molecule has 0 aromatic heterocycles. The first-order valence-corrected chi connectivity index (χ1v) is 8.03. The molecule has 2 rings (SSSR count). The van der Waals surface area contributed by atoms with E-state index >= 15 is 0 Å². The molecule has 1 saturated heterocycles. The van der Waals surface area contributed by atoms with Gasteiger partial charge in [-0.1, -0.05) is 18.6 Å². The number of rotatable bonds is 5. The third-order valence-electron chi connectivity index (χ3n) is 3.26. The van der Waals surface area contributed by atoms with Crippen LogP contribution in [0.15, 0.2) is 24.3 Å². The summed E-state index contributed by atoms with van der Waals surface area (Å²) in [4.78, 5) is 0. The number of benzene rings is 1. The fraction of sp³-hybridized carbons (Fsp3) is 0.538. The maximum atomic E-state index is 12.1. The zero-order valence-corrected chi connectivity index (χ0v) is 11.7. The quantitative estimate of drug-likeness (QED) is 0.858. The third-order valence-corrected chi connectivity index (χ3v) is 4.79. The van der Waals surface area contributed by atoms with Gasteiger partial charge in [0.05, 0.1) is 0 Å². The third kappa shape index (κ3) is 3.92. The molecule has 1 aromatic rings. The van der Waals surface area contributed by atoms with Crippen LogP contribution < -0.4 is 4.72 Å². The van der Waals surface area contributed by atoms with Gasteiger partial charge in [0.25, 0.3) is 0 Å². The molecule has 1 aromatic carbocycles. The van der Waals surface area contributed by atoms with Crippen LogP contribution in [0.5, 0.6) is 0 Å². The second kappa shape index (κ2) is 6.36. The van der Waals surface area contributed by atoms with Crippen molar-refractivity contribution in [3.63, 3.8) is 0 Å². The van der Waals surface area contributed by atoms with Crippen molar-refractivity contribution in [2.24, 2.45) is 0 Å². The average Bonchev–Trinajstić information content (AvgIpc) is 2.42. The van der Waals surface area contributed by atoms with Gasteiger partial charge in [-0.15, -0.1) is 0 Å². The van der Waals surface area contributed by atoms with E-state index in [2.05, 4.69) is 4.72 Å². The van der Waals surface area contributed by atoms with Crippen LogP contribution in [0.4, 0.5) is 5.69 Å². The Bertz CT molecular complexity index is 493. The zero-order chi connectivity index (χ0) is 13.7. The number of aliphatic hydroxyl groups excluding tert-OH is 1. The van der Waals surface area contributed by atoms with Gasteiger partial charge in [-0.2, -0.15) is 12.7 Å². The topological polar surface area (TPSA) is 69.6 Å². The van der Waals surface area contributed by atoms with Crippen molar-refractivity contribution in [2.75, 3.05) is 24.4 Å². The van der Waals surface area contributed by atoms with Crippen molar-refractivity contribution in [3.8, 4) is 0 Å². The Morgan fingerprint density at radius 1 is 1.11 bits per heavy atom. The highest BCUT2D eigenvalue weighted by atomic mass is 32.2. The molecule has 5 nitrogen and oxygen atoms in total. The van der Waals surface area contributed by atoms with Gasteiger partial charge in [0.2, 0.25) is 0 Å². The van der Waals surface area contributed by atoms with E-state index in [4.69, 9.17) is 5.11 Å². The SMILES string of the molecule is O=S(=O)(Nc1ccc(CCO)cc1)N1CCCCC1. The molecule has 0 aliphatic carbocycles. The van der Waals surface area contributed by atoms with Crippen molar-refractivity contribution in [3.05, 3.63) is 29.8 Å². The summed E-state index contributed by atoms with van der Waals surface area (Å²) >= 11 is 0. The minimum Gasteiger partial charge on any atom is -0.396 e. The molecule has 19 heavy (non-hydrogen) atoms. The van der Waals surface area contributed by atoms with Crippen LogP contribution in [-0.2, 0) is 16.6 Å². The van der Waals surface area contributed by atoms with E-state index in [1.807, 2.05) is 12.1 Å². The van der Waals surface area contributed by atoms with Crippen LogP contribution in [0.3, 0.4) is 0 Å². The van der Waals surface area contributed by atoms with E-state index in [0.29, 0.717) is 25.2 Å². The molecular formula is C13H20N2O3S. The molecule has 0 bridgehead atoms. The van der Waals surface area contributed by atoms with E-state index in [9.17, 15) is 8.42 Å². The molecule has 0 atom stereocenters. The molecule has 0 saturated carbocycles. The molecule has 1 aliphatic rings. The summed E-state index contributed by atoms with van der Waals surface area (Å²) < 4.78 is 28.4. The molecule has 0 amide bonds. The Balaban J connectivity index is 2.02. The summed E-state index contributed by atoms with van der Waals surface area (Å²) in [5, 5.41) is 8.83. The summed E-state index contributed by atoms with van der Waals surface area (Å²) in [7, 11) is -3.43. The van der Waals surface area contributed by atoms with Crippen LogP contribution in [0.25, 0.3) is 0 Å². The van der Waals surface area contributed by atoms with E-state index in [0.717, 1.165) is 24.8 Å². The lowest BCUT2D eigenvalue weighted by molar-refractivity contribution is 0.299. The van der Waals surface area contributed by atoms with Gasteiger partial charge in [-0.25, -0.2) is 0 Å². The van der Waals surface area contributed by atoms with Gasteiger partial charge in [-0.3, -0.25) is 4.72 Å². The first kappa shape index (κ1) is 14.3. The van der Waals surface area contributed by atoms with Gasteiger partial charge in [-0.05, 0) is 37.0 Å². The molecule has 1 fully saturated rings. The lowest BCUT2D eigenvalue weighted by Gasteiger charge is -2.26. The predicted molar refractivity (Wildman–Crippen MR) is 75.2 cm³/mol. The fourth-order valence-corrected chi connectivity index (χ4v) is 3.49. The van der Waals surface area contributed by atoms with Crippen molar-refractivity contribution in [1.82, 2.24) is 4.31 Å². The van der Waals surface area contributed by atoms with Gasteiger partial charge in [0.15, 0.2) is 0 Å². The lowest BCUT2D eigenvalue weighted by Crippen LogP contribution is -2.39. The Kier molecular flexibility index (Phi) is 4.79. The Morgan fingerprint density at radius 3 is 2.32 bits per heavy atom. The Hall–Kier alpha value is -1.11. The van der Waals surface area contributed by atoms with Crippen molar-refractivity contribution >= 4 is 15.9 Å². The summed E-state index contributed by atoms with van der Waals surface area (Å²) in [5.74, 6) is 0. The fourth-order valence-electron chi connectivity index (χ4n) is 2.19. The van der Waals surface area contributed by atoms with Crippen LogP contribution in [0.1, 0.15) is 24.8 Å². The first-order valence-electron chi connectivity index (χ1n) is 6.59. The maximum absolute atomic E-state index is 12.1. The van der Waals surface area contributed by atoms with Gasteiger partial charge < -0.3 is 5.11 Å². The summed E-state index contributed by atoms with van der Waals surface area (Å²) in [6.07, 6.45) is 3.54. The number of nitrogens with one attached hydrogen (secondary N) is 1. The standard InChI is InChI=1S/C13H20N2O3S/c16-11-8-12-4-6-13(7-5-12)14-19(17,18)15-9-2-1-3-10-15/h4-7,14,16H,1-3,8-11H2. The molecule has 0 spiro atoms. The molecule has 2 N–H and O–H groups in total. The molecule has 1 heterocycles. The highest BCUT2D eigenvalue weighted by molar-refractivity contribution is 7.90. The van der Waals surface area contributed by atoms with Crippen molar-refractivity contribution in [2.45, 2.75) is 25.7 Å². The molecule has 0 unspecified atom stereocenters. The summed E-state index contributed by atoms with van der Waals surface area (Å²) in [6, 6.07) is 7.10. The molecule has 0 radical (unpaired) electrons. The number of anilines is 1. The maximum Gasteiger partial charge on any atom is 0.301 e. The molecule has 1 aliphatic heterocycles. The number of nitrogens with zero attached hydrogens (tertiary/aromatic N) is 1. The van der Waals surface area contributed by atoms with Crippen molar-refractivity contribution < 1.29 is 13.5 Å². The van der Waals surface area contributed by atoms with E-state index in [1.54, 1.807) is 12.1 Å². The molecule has 106 valence electrons. The zero-order valence-electron chi connectivity index (χ0n) is 10.9. The highest BCUT2D eigenvalue weighted by Crippen LogP contribution is 2.17. The van der Waals surface area contributed by atoms with Crippen LogP contribution in [-0.4, -0.2) is 37.5 Å². The van der Waals surface area contributed by atoms with E-state index in [-0.39, 0.29) is 6.61 Å². The monoisotopic (exact) mass is 284 g/mol. The molecular weight excluding hydrogens is 264 g/mol. The number of piperidine rings is 1. The smallest absolute Gasteiger partial charge is 0.301 e. The normalized spacial score (nSPS) is 17.3. The average molecular weight is 284 g/mol. The van der Waals surface area contributed by atoms with Gasteiger partial charge in [0, 0.05) is 25.4 Å². The minimum atomic E-state index is -3.43. The minimum absolute atomic E-state index is 0.0961. The highest BCUT2D eigenvalue weighted by Gasteiger charge is 2.23. The van der Waals surface area contributed by atoms with Crippen molar-refractivity contribution in [1.29, 1.82) is 0 Å². The van der Waals surface area contributed by atoms with Crippen LogP contribution in [0.2, 0.25) is 0 Å². The number of hydrogen-bond acceptors (Lipinski definition) is 3. The Labute approximate surface area is 114 Å². The summed E-state index contributed by atoms with van der Waals surface area (Å²) in [6.45, 7) is 1.29. The second-order valence-electron chi connectivity index (χ2n) is 4.74. The van der Waals surface area contributed by atoms with Crippen LogP contribution >= 0.6 is 0 Å². The number of aliphatic hydroxyl groups is 1. The van der Waals surface area contributed by atoms with Crippen LogP contribution in [0, 0.1) is 0 Å². The molecule has 6 heteroatoms. The van der Waals surface area contributed by atoms with E-state index < -0.39 is 10.2 Å². The largest absolute Gasteiger partial charge is 0.396 e.